The van der Waals surface area contributed by atoms with Crippen LogP contribution in [0.25, 0.3) is 0 Å². The van der Waals surface area contributed by atoms with Gasteiger partial charge >= 0.3 is 5.97 Å². The monoisotopic (exact) mass is 380 g/mol. The number of rotatable bonds is 6. The van der Waals surface area contributed by atoms with Crippen LogP contribution < -0.4 is 9.80 Å². The summed E-state index contributed by atoms with van der Waals surface area (Å²) >= 11 is 0. The number of carbonyl (C=O) groups excluding carboxylic acids is 2. The number of ether oxygens (including phenoxy) is 1. The molecule has 0 atom stereocenters. The minimum Gasteiger partial charge on any atom is -0.452 e. The standard InChI is InChI=1S/C23H28N2O3/c1-24(2)19-15-13-18(14-16-19)23(27)28-17-22(26)25(20-9-5-3-6-10-20)21-11-7-4-8-12-21/h3,5-6,9-10,13-16,21H,4,7-8,11-12,17H2,1-2H3. The van der Waals surface area contributed by atoms with Crippen LogP contribution in [-0.4, -0.2) is 38.6 Å². The van der Waals surface area contributed by atoms with Crippen LogP contribution in [-0.2, 0) is 9.53 Å². The van der Waals surface area contributed by atoms with Crippen molar-refractivity contribution in [2.24, 2.45) is 0 Å². The van der Waals surface area contributed by atoms with Crippen LogP contribution >= 0.6 is 0 Å². The minimum absolute atomic E-state index is 0.168. The average molecular weight is 380 g/mol. The Morgan fingerprint density at radius 3 is 2.14 bits per heavy atom. The van der Waals surface area contributed by atoms with Crippen LogP contribution in [0.4, 0.5) is 11.4 Å². The predicted molar refractivity (Wildman–Crippen MR) is 112 cm³/mol. The average Bonchev–Trinajstić information content (AvgIpc) is 2.74. The fraction of sp³-hybridized carbons (Fsp3) is 0.391. The number of amides is 1. The predicted octanol–water partition coefficient (Wildman–Crippen LogP) is 4.28. The Balaban J connectivity index is 1.67. The maximum atomic E-state index is 13.0. The van der Waals surface area contributed by atoms with Crippen LogP contribution in [0.2, 0.25) is 0 Å². The number of hydrogen-bond donors (Lipinski definition) is 0. The summed E-state index contributed by atoms with van der Waals surface area (Å²) in [5, 5.41) is 0. The Bertz CT molecular complexity index is 781. The van der Waals surface area contributed by atoms with Crippen molar-refractivity contribution in [2.45, 2.75) is 38.1 Å². The van der Waals surface area contributed by atoms with Crippen molar-refractivity contribution in [3.8, 4) is 0 Å². The first kappa shape index (κ1) is 19.9. The third-order valence-electron chi connectivity index (χ3n) is 5.19. The molecule has 0 N–H and O–H groups in total. The summed E-state index contributed by atoms with van der Waals surface area (Å²) in [6, 6.07) is 17.0. The van der Waals surface area contributed by atoms with Gasteiger partial charge < -0.3 is 14.5 Å². The molecule has 5 heteroatoms. The topological polar surface area (TPSA) is 49.9 Å². The van der Waals surface area contributed by atoms with E-state index in [1.807, 2.05) is 66.4 Å². The molecule has 1 aliphatic carbocycles. The molecule has 0 spiro atoms. The van der Waals surface area contributed by atoms with Crippen LogP contribution in [0.3, 0.4) is 0 Å². The lowest BCUT2D eigenvalue weighted by molar-refractivity contribution is -0.122. The van der Waals surface area contributed by atoms with Gasteiger partial charge in [-0.1, -0.05) is 37.5 Å². The summed E-state index contributed by atoms with van der Waals surface area (Å²) in [6.45, 7) is -0.250. The van der Waals surface area contributed by atoms with Crippen LogP contribution in [0, 0.1) is 0 Å². The Morgan fingerprint density at radius 2 is 1.54 bits per heavy atom. The van der Waals surface area contributed by atoms with Crippen molar-refractivity contribution in [2.75, 3.05) is 30.5 Å². The quantitative estimate of drug-likeness (QED) is 0.702. The fourth-order valence-corrected chi connectivity index (χ4v) is 3.66. The maximum Gasteiger partial charge on any atom is 0.338 e. The molecule has 0 bridgehead atoms. The van der Waals surface area contributed by atoms with Gasteiger partial charge in [-0.25, -0.2) is 4.79 Å². The molecular weight excluding hydrogens is 352 g/mol. The zero-order chi connectivity index (χ0) is 19.9. The zero-order valence-corrected chi connectivity index (χ0v) is 16.6. The third-order valence-corrected chi connectivity index (χ3v) is 5.19. The Labute approximate surface area is 166 Å². The smallest absolute Gasteiger partial charge is 0.338 e. The molecule has 2 aromatic carbocycles. The van der Waals surface area contributed by atoms with Crippen LogP contribution in [0.15, 0.2) is 54.6 Å². The van der Waals surface area contributed by atoms with Crippen LogP contribution in [0.1, 0.15) is 42.5 Å². The van der Waals surface area contributed by atoms with Gasteiger partial charge in [0.1, 0.15) is 0 Å². The van der Waals surface area contributed by atoms with Crippen molar-refractivity contribution in [3.05, 3.63) is 60.2 Å². The molecule has 1 fully saturated rings. The second-order valence-corrected chi connectivity index (χ2v) is 7.41. The van der Waals surface area contributed by atoms with Gasteiger partial charge in [0.2, 0.25) is 0 Å². The second kappa shape index (κ2) is 9.40. The van der Waals surface area contributed by atoms with E-state index >= 15 is 0 Å². The van der Waals surface area contributed by atoms with E-state index in [9.17, 15) is 9.59 Å². The van der Waals surface area contributed by atoms with Crippen molar-refractivity contribution in [1.29, 1.82) is 0 Å². The first-order chi connectivity index (χ1) is 13.6. The van der Waals surface area contributed by atoms with Crippen molar-refractivity contribution < 1.29 is 14.3 Å². The summed E-state index contributed by atoms with van der Waals surface area (Å²) in [5.41, 5.74) is 2.31. The molecular formula is C23H28N2O3. The summed E-state index contributed by atoms with van der Waals surface area (Å²) in [4.78, 5) is 29.1. The number of esters is 1. The lowest BCUT2D eigenvalue weighted by Crippen LogP contribution is -2.43. The number of hydrogen-bond acceptors (Lipinski definition) is 4. The number of para-hydroxylation sites is 1. The molecule has 148 valence electrons. The lowest BCUT2D eigenvalue weighted by atomic mass is 9.93. The van der Waals surface area contributed by atoms with E-state index in [4.69, 9.17) is 4.74 Å². The van der Waals surface area contributed by atoms with Gasteiger partial charge in [0.15, 0.2) is 6.61 Å². The first-order valence-electron chi connectivity index (χ1n) is 9.88. The molecule has 0 radical (unpaired) electrons. The summed E-state index contributed by atoms with van der Waals surface area (Å²) in [5.74, 6) is -0.647. The van der Waals surface area contributed by atoms with Gasteiger partial charge in [0.25, 0.3) is 5.91 Å². The molecule has 2 aromatic rings. The number of nitrogens with zero attached hydrogens (tertiary/aromatic N) is 2. The molecule has 0 aliphatic heterocycles. The molecule has 0 saturated heterocycles. The van der Waals surface area contributed by atoms with E-state index in [1.165, 1.54) is 6.42 Å². The first-order valence-corrected chi connectivity index (χ1v) is 9.88. The summed E-state index contributed by atoms with van der Waals surface area (Å²) < 4.78 is 5.34. The van der Waals surface area contributed by atoms with Crippen molar-refractivity contribution in [1.82, 2.24) is 0 Å². The molecule has 28 heavy (non-hydrogen) atoms. The number of carbonyl (C=O) groups is 2. The molecule has 5 nitrogen and oxygen atoms in total. The van der Waals surface area contributed by atoms with Gasteiger partial charge in [-0.05, 0) is 49.2 Å². The van der Waals surface area contributed by atoms with Gasteiger partial charge in [-0.2, -0.15) is 0 Å². The second-order valence-electron chi connectivity index (χ2n) is 7.41. The highest BCUT2D eigenvalue weighted by Gasteiger charge is 2.27. The van der Waals surface area contributed by atoms with E-state index in [-0.39, 0.29) is 18.6 Å². The number of anilines is 2. The highest BCUT2D eigenvalue weighted by atomic mass is 16.5. The van der Waals surface area contributed by atoms with Crippen LogP contribution in [0.5, 0.6) is 0 Å². The zero-order valence-electron chi connectivity index (χ0n) is 16.6. The van der Waals surface area contributed by atoms with E-state index < -0.39 is 5.97 Å². The van der Waals surface area contributed by atoms with E-state index in [0.29, 0.717) is 5.56 Å². The van der Waals surface area contributed by atoms with Gasteiger partial charge in [-0.15, -0.1) is 0 Å². The third kappa shape index (κ3) is 4.91. The molecule has 1 saturated carbocycles. The SMILES string of the molecule is CN(C)c1ccc(C(=O)OCC(=O)N(c2ccccc2)C2CCCCC2)cc1. The van der Waals surface area contributed by atoms with Crippen molar-refractivity contribution in [3.63, 3.8) is 0 Å². The molecule has 0 heterocycles. The highest BCUT2D eigenvalue weighted by Crippen LogP contribution is 2.27. The largest absolute Gasteiger partial charge is 0.452 e. The number of benzene rings is 2. The summed E-state index contributed by atoms with van der Waals surface area (Å²) in [7, 11) is 3.88. The van der Waals surface area contributed by atoms with Gasteiger partial charge in [0.05, 0.1) is 5.56 Å². The summed E-state index contributed by atoms with van der Waals surface area (Å²) in [6.07, 6.45) is 5.44. The maximum absolute atomic E-state index is 13.0. The van der Waals surface area contributed by atoms with Gasteiger partial charge in [0, 0.05) is 31.5 Å². The highest BCUT2D eigenvalue weighted by molar-refractivity contribution is 5.97. The Kier molecular flexibility index (Phi) is 6.69. The molecule has 1 amide bonds. The normalized spacial score (nSPS) is 14.4. The van der Waals surface area contributed by atoms with Crippen molar-refractivity contribution >= 4 is 23.3 Å². The van der Waals surface area contributed by atoms with E-state index in [1.54, 1.807) is 12.1 Å². The van der Waals surface area contributed by atoms with Gasteiger partial charge in [-0.3, -0.25) is 4.79 Å². The van der Waals surface area contributed by atoms with E-state index in [0.717, 1.165) is 37.1 Å². The Morgan fingerprint density at radius 1 is 0.893 bits per heavy atom. The fourth-order valence-electron chi connectivity index (χ4n) is 3.66. The Hall–Kier alpha value is -2.82. The minimum atomic E-state index is -0.477. The molecule has 1 aliphatic rings. The molecule has 0 aromatic heterocycles. The lowest BCUT2D eigenvalue weighted by Gasteiger charge is -2.34. The van der Waals surface area contributed by atoms with E-state index in [2.05, 4.69) is 0 Å². The molecule has 3 rings (SSSR count). The molecule has 0 unspecified atom stereocenters.